The van der Waals surface area contributed by atoms with Gasteiger partial charge in [-0.2, -0.15) is 26.3 Å². The second-order valence-corrected chi connectivity index (χ2v) is 6.77. The molecule has 0 fully saturated rings. The molecule has 3 rings (SSSR count). The van der Waals surface area contributed by atoms with Gasteiger partial charge in [0.15, 0.2) is 0 Å². The Kier molecular flexibility index (Phi) is 5.78. The van der Waals surface area contributed by atoms with E-state index in [0.717, 1.165) is 0 Å². The Balaban J connectivity index is 2.05. The Bertz CT molecular complexity index is 789. The topological polar surface area (TPSA) is 29.5 Å². The Hall–Kier alpha value is -2.32. The van der Waals surface area contributed by atoms with Crippen molar-refractivity contribution >= 4 is 0 Å². The van der Waals surface area contributed by atoms with E-state index in [0.29, 0.717) is 11.1 Å². The zero-order chi connectivity index (χ0) is 21.3. The number of hydrogen-bond acceptors (Lipinski definition) is 2. The number of aliphatic hydroxyl groups is 1. The van der Waals surface area contributed by atoms with Crippen LogP contribution in [-0.2, 0) is 10.3 Å². The van der Waals surface area contributed by atoms with Crippen LogP contribution in [0.15, 0.2) is 72.3 Å². The molecule has 2 nitrogen and oxygen atoms in total. The summed E-state index contributed by atoms with van der Waals surface area (Å²) in [6.07, 6.45) is -15.2. The van der Waals surface area contributed by atoms with E-state index in [1.54, 1.807) is 60.7 Å². The zero-order valence-corrected chi connectivity index (χ0v) is 15.0. The SMILES string of the molecule is OC(C1=CCCC1OC(C(F)(F)F)C(F)(F)F)(c1ccccc1)c1ccccc1. The quantitative estimate of drug-likeness (QED) is 0.514. The zero-order valence-electron chi connectivity index (χ0n) is 15.0. The second kappa shape index (κ2) is 7.84. The van der Waals surface area contributed by atoms with E-state index in [4.69, 9.17) is 0 Å². The first kappa shape index (κ1) is 21.4. The van der Waals surface area contributed by atoms with E-state index in [9.17, 15) is 31.4 Å². The minimum atomic E-state index is -5.62. The standard InChI is InChI=1S/C21H18F6O2/c22-20(23,24)18(21(25,26)27)29-17-13-7-12-16(17)19(28,14-8-3-1-4-9-14)15-10-5-2-6-11-15/h1-6,8-12,17-18,28H,7,13H2. The monoisotopic (exact) mass is 416 g/mol. The first-order chi connectivity index (χ1) is 13.5. The molecule has 0 heterocycles. The summed E-state index contributed by atoms with van der Waals surface area (Å²) in [6.45, 7) is 0. The minimum Gasteiger partial charge on any atom is -0.376 e. The van der Waals surface area contributed by atoms with Crippen molar-refractivity contribution < 1.29 is 36.2 Å². The molecule has 1 unspecified atom stereocenters. The average Bonchev–Trinajstić information content (AvgIpc) is 3.14. The lowest BCUT2D eigenvalue weighted by atomic mass is 9.78. The molecule has 0 aromatic heterocycles. The van der Waals surface area contributed by atoms with Gasteiger partial charge in [0.2, 0.25) is 6.10 Å². The fraction of sp³-hybridized carbons (Fsp3) is 0.333. The third-order valence-corrected chi connectivity index (χ3v) is 4.84. The van der Waals surface area contributed by atoms with Gasteiger partial charge < -0.3 is 9.84 Å². The second-order valence-electron chi connectivity index (χ2n) is 6.77. The molecule has 2 aromatic carbocycles. The highest BCUT2D eigenvalue weighted by molar-refractivity contribution is 5.47. The van der Waals surface area contributed by atoms with Gasteiger partial charge in [-0.1, -0.05) is 66.7 Å². The molecule has 156 valence electrons. The van der Waals surface area contributed by atoms with Crippen molar-refractivity contribution in [2.24, 2.45) is 0 Å². The van der Waals surface area contributed by atoms with E-state index in [1.807, 2.05) is 0 Å². The number of hydrogen-bond donors (Lipinski definition) is 1. The highest BCUT2D eigenvalue weighted by Gasteiger charge is 2.59. The van der Waals surface area contributed by atoms with Crippen molar-refractivity contribution in [2.45, 2.75) is 43.0 Å². The molecule has 0 radical (unpaired) electrons. The molecular formula is C21H18F6O2. The molecule has 2 aromatic rings. The minimum absolute atomic E-state index is 0.0339. The summed E-state index contributed by atoms with van der Waals surface area (Å²) in [7, 11) is 0. The number of alkyl halides is 6. The summed E-state index contributed by atoms with van der Waals surface area (Å²) >= 11 is 0. The molecule has 0 amide bonds. The van der Waals surface area contributed by atoms with Crippen molar-refractivity contribution in [1.29, 1.82) is 0 Å². The Morgan fingerprint density at radius 3 is 1.66 bits per heavy atom. The van der Waals surface area contributed by atoms with Crippen LogP contribution in [-0.4, -0.2) is 29.7 Å². The molecule has 0 saturated heterocycles. The van der Waals surface area contributed by atoms with E-state index in [-0.39, 0.29) is 18.4 Å². The molecule has 1 N–H and O–H groups in total. The van der Waals surface area contributed by atoms with Crippen LogP contribution >= 0.6 is 0 Å². The van der Waals surface area contributed by atoms with Crippen molar-refractivity contribution in [2.75, 3.05) is 0 Å². The lowest BCUT2D eigenvalue weighted by molar-refractivity contribution is -0.329. The van der Waals surface area contributed by atoms with Crippen LogP contribution in [0.1, 0.15) is 24.0 Å². The first-order valence-corrected chi connectivity index (χ1v) is 8.87. The first-order valence-electron chi connectivity index (χ1n) is 8.87. The molecule has 0 bridgehead atoms. The van der Waals surface area contributed by atoms with Gasteiger partial charge in [-0.15, -0.1) is 0 Å². The Morgan fingerprint density at radius 2 is 1.24 bits per heavy atom. The summed E-state index contributed by atoms with van der Waals surface area (Å²) in [6, 6.07) is 16.1. The third-order valence-electron chi connectivity index (χ3n) is 4.84. The van der Waals surface area contributed by atoms with Crippen LogP contribution in [0.5, 0.6) is 0 Å². The van der Waals surface area contributed by atoms with Crippen LogP contribution in [0.4, 0.5) is 26.3 Å². The summed E-state index contributed by atoms with van der Waals surface area (Å²) in [5.74, 6) is 0. The molecule has 1 atom stereocenters. The number of ether oxygens (including phenoxy) is 1. The molecule has 1 aliphatic carbocycles. The highest BCUT2D eigenvalue weighted by atomic mass is 19.4. The predicted octanol–water partition coefficient (Wildman–Crippen LogP) is 5.52. The van der Waals surface area contributed by atoms with Gasteiger partial charge in [0.1, 0.15) is 5.60 Å². The van der Waals surface area contributed by atoms with Crippen molar-refractivity contribution in [3.63, 3.8) is 0 Å². The van der Waals surface area contributed by atoms with E-state index in [1.165, 1.54) is 6.08 Å². The van der Waals surface area contributed by atoms with Crippen LogP contribution in [0, 0.1) is 0 Å². The molecule has 0 saturated carbocycles. The molecule has 0 aliphatic heterocycles. The third kappa shape index (κ3) is 4.33. The highest BCUT2D eigenvalue weighted by Crippen LogP contribution is 2.45. The maximum absolute atomic E-state index is 13.0. The lowest BCUT2D eigenvalue weighted by Gasteiger charge is -2.36. The summed E-state index contributed by atoms with van der Waals surface area (Å²) < 4.78 is 82.6. The molecule has 8 heteroatoms. The van der Waals surface area contributed by atoms with Crippen molar-refractivity contribution in [3.05, 3.63) is 83.4 Å². The summed E-state index contributed by atoms with van der Waals surface area (Å²) in [4.78, 5) is 0. The van der Waals surface area contributed by atoms with E-state index in [2.05, 4.69) is 4.74 Å². The fourth-order valence-electron chi connectivity index (χ4n) is 3.56. The molecular weight excluding hydrogens is 398 g/mol. The predicted molar refractivity (Wildman–Crippen MR) is 94.0 cm³/mol. The van der Waals surface area contributed by atoms with Crippen LogP contribution < -0.4 is 0 Å². The molecule has 0 spiro atoms. The Morgan fingerprint density at radius 1 is 0.793 bits per heavy atom. The average molecular weight is 416 g/mol. The number of allylic oxidation sites excluding steroid dienone is 1. The number of benzene rings is 2. The van der Waals surface area contributed by atoms with Crippen molar-refractivity contribution in [1.82, 2.24) is 0 Å². The lowest BCUT2D eigenvalue weighted by Crippen LogP contribution is -2.47. The maximum Gasteiger partial charge on any atom is 0.423 e. The van der Waals surface area contributed by atoms with Gasteiger partial charge in [-0.05, 0) is 29.5 Å². The molecule has 29 heavy (non-hydrogen) atoms. The molecule has 1 aliphatic rings. The smallest absolute Gasteiger partial charge is 0.376 e. The van der Waals surface area contributed by atoms with Gasteiger partial charge in [0.05, 0.1) is 6.10 Å². The van der Waals surface area contributed by atoms with E-state index >= 15 is 0 Å². The van der Waals surface area contributed by atoms with Crippen LogP contribution in [0.3, 0.4) is 0 Å². The van der Waals surface area contributed by atoms with Gasteiger partial charge in [-0.3, -0.25) is 0 Å². The van der Waals surface area contributed by atoms with Gasteiger partial charge in [0.25, 0.3) is 0 Å². The van der Waals surface area contributed by atoms with Crippen LogP contribution in [0.25, 0.3) is 0 Å². The number of halogens is 6. The van der Waals surface area contributed by atoms with Gasteiger partial charge >= 0.3 is 12.4 Å². The summed E-state index contributed by atoms with van der Waals surface area (Å²) in [5.41, 5.74) is -1.31. The Labute approximate surface area is 163 Å². The van der Waals surface area contributed by atoms with E-state index < -0.39 is 30.2 Å². The van der Waals surface area contributed by atoms with Crippen LogP contribution in [0.2, 0.25) is 0 Å². The fourth-order valence-corrected chi connectivity index (χ4v) is 3.56. The summed E-state index contributed by atoms with van der Waals surface area (Å²) in [5, 5.41) is 11.6. The number of rotatable bonds is 5. The normalized spacial score (nSPS) is 18.2. The van der Waals surface area contributed by atoms with Gasteiger partial charge in [0, 0.05) is 0 Å². The maximum atomic E-state index is 13.0. The van der Waals surface area contributed by atoms with Gasteiger partial charge in [-0.25, -0.2) is 0 Å². The largest absolute Gasteiger partial charge is 0.423 e. The van der Waals surface area contributed by atoms with Crippen molar-refractivity contribution in [3.8, 4) is 0 Å².